The van der Waals surface area contributed by atoms with Crippen molar-refractivity contribution >= 4 is 0 Å². The van der Waals surface area contributed by atoms with E-state index in [1.807, 2.05) is 0 Å². The molecule has 1 fully saturated rings. The minimum absolute atomic E-state index is 0.501. The quantitative estimate of drug-likeness (QED) is 0.521. The molecule has 0 spiro atoms. The highest BCUT2D eigenvalue weighted by molar-refractivity contribution is 4.56. The molecule has 0 aliphatic carbocycles. The summed E-state index contributed by atoms with van der Waals surface area (Å²) in [4.78, 5) is 0. The fourth-order valence-electron chi connectivity index (χ4n) is 0.777. The fraction of sp³-hybridized carbons (Fsp3) is 1.00. The summed E-state index contributed by atoms with van der Waals surface area (Å²) in [6.45, 7) is 2.88. The van der Waals surface area contributed by atoms with E-state index in [0.717, 1.165) is 6.42 Å². The standard InChI is InChI=1S/C6H11O3/c1-5(7)6-8-3-2-4-9-6/h5-6H,2-4H2,1H3. The topological polar surface area (TPSA) is 38.4 Å². The van der Waals surface area contributed by atoms with E-state index >= 15 is 0 Å². The third kappa shape index (κ3) is 1.93. The third-order valence-corrected chi connectivity index (χ3v) is 1.24. The van der Waals surface area contributed by atoms with Crippen LogP contribution in [-0.4, -0.2) is 25.6 Å². The third-order valence-electron chi connectivity index (χ3n) is 1.24. The number of ether oxygens (including phenoxy) is 2. The Morgan fingerprint density at radius 1 is 1.44 bits per heavy atom. The highest BCUT2D eigenvalue weighted by Crippen LogP contribution is 2.08. The van der Waals surface area contributed by atoms with E-state index in [-0.39, 0.29) is 0 Å². The Kier molecular flexibility index (Phi) is 2.45. The summed E-state index contributed by atoms with van der Waals surface area (Å²) in [5, 5.41) is 10.6. The Bertz CT molecular complexity index is 76.4. The Morgan fingerprint density at radius 2 is 2.00 bits per heavy atom. The maximum absolute atomic E-state index is 10.6. The lowest BCUT2D eigenvalue weighted by atomic mass is 10.3. The maximum Gasteiger partial charge on any atom is 0.186 e. The van der Waals surface area contributed by atoms with Crippen LogP contribution in [0, 0.1) is 0 Å². The number of rotatable bonds is 1. The SMILES string of the molecule is CC([O])C1OCCCO1. The molecule has 0 aromatic heterocycles. The lowest BCUT2D eigenvalue weighted by molar-refractivity contribution is -0.229. The molecule has 3 heteroatoms. The van der Waals surface area contributed by atoms with Gasteiger partial charge in [0.05, 0.1) is 13.2 Å². The van der Waals surface area contributed by atoms with Gasteiger partial charge in [-0.05, 0) is 13.3 Å². The summed E-state index contributed by atoms with van der Waals surface area (Å²) in [6.07, 6.45) is -0.354. The van der Waals surface area contributed by atoms with Crippen molar-refractivity contribution in [2.45, 2.75) is 25.7 Å². The Hall–Kier alpha value is -0.120. The molecule has 0 aromatic rings. The normalized spacial score (nSPS) is 26.0. The van der Waals surface area contributed by atoms with Crippen LogP contribution < -0.4 is 0 Å². The molecule has 0 bridgehead atoms. The van der Waals surface area contributed by atoms with Crippen LogP contribution >= 0.6 is 0 Å². The zero-order chi connectivity index (χ0) is 6.69. The molecule has 1 radical (unpaired) electrons. The van der Waals surface area contributed by atoms with Gasteiger partial charge in [-0.25, -0.2) is 5.11 Å². The molecule has 1 atom stereocenters. The molecule has 53 valence electrons. The highest BCUT2D eigenvalue weighted by atomic mass is 16.7. The van der Waals surface area contributed by atoms with E-state index in [0.29, 0.717) is 13.2 Å². The van der Waals surface area contributed by atoms with Crippen molar-refractivity contribution in [1.29, 1.82) is 0 Å². The van der Waals surface area contributed by atoms with Crippen LogP contribution in [0.3, 0.4) is 0 Å². The first-order valence-corrected chi connectivity index (χ1v) is 3.20. The van der Waals surface area contributed by atoms with E-state index in [1.165, 1.54) is 0 Å². The van der Waals surface area contributed by atoms with Crippen LogP contribution in [0.15, 0.2) is 0 Å². The summed E-state index contributed by atoms with van der Waals surface area (Å²) < 4.78 is 10.0. The van der Waals surface area contributed by atoms with Gasteiger partial charge in [-0.15, -0.1) is 0 Å². The Labute approximate surface area is 54.6 Å². The molecule has 9 heavy (non-hydrogen) atoms. The molecular formula is C6H11O3. The second-order valence-corrected chi connectivity index (χ2v) is 2.17. The predicted molar refractivity (Wildman–Crippen MR) is 30.5 cm³/mol. The monoisotopic (exact) mass is 131 g/mol. The molecule has 1 unspecified atom stereocenters. The van der Waals surface area contributed by atoms with E-state index in [4.69, 9.17) is 9.47 Å². The maximum atomic E-state index is 10.6. The van der Waals surface area contributed by atoms with Crippen molar-refractivity contribution in [3.05, 3.63) is 0 Å². The van der Waals surface area contributed by atoms with E-state index in [1.54, 1.807) is 6.92 Å². The Morgan fingerprint density at radius 3 is 2.33 bits per heavy atom. The van der Waals surface area contributed by atoms with Gasteiger partial charge in [-0.2, -0.15) is 0 Å². The largest absolute Gasteiger partial charge is 0.350 e. The molecule has 1 aliphatic rings. The summed E-state index contributed by atoms with van der Waals surface area (Å²) in [6, 6.07) is 0. The summed E-state index contributed by atoms with van der Waals surface area (Å²) in [7, 11) is 0. The van der Waals surface area contributed by atoms with Gasteiger partial charge in [-0.3, -0.25) is 0 Å². The molecule has 1 aliphatic heterocycles. The fourth-order valence-corrected chi connectivity index (χ4v) is 0.777. The van der Waals surface area contributed by atoms with Crippen molar-refractivity contribution in [2.24, 2.45) is 0 Å². The zero-order valence-electron chi connectivity index (χ0n) is 5.50. The molecule has 0 N–H and O–H groups in total. The van der Waals surface area contributed by atoms with Gasteiger partial charge in [-0.1, -0.05) is 0 Å². The molecule has 1 heterocycles. The lowest BCUT2D eigenvalue weighted by Crippen LogP contribution is -2.33. The van der Waals surface area contributed by atoms with Crippen LogP contribution in [-0.2, 0) is 14.6 Å². The van der Waals surface area contributed by atoms with Gasteiger partial charge >= 0.3 is 0 Å². The minimum atomic E-state index is -0.759. The van der Waals surface area contributed by atoms with E-state index in [2.05, 4.69) is 0 Å². The number of hydrogen-bond donors (Lipinski definition) is 0. The average molecular weight is 131 g/mol. The van der Waals surface area contributed by atoms with Gasteiger partial charge < -0.3 is 9.47 Å². The summed E-state index contributed by atoms with van der Waals surface area (Å²) in [5.74, 6) is 0. The van der Waals surface area contributed by atoms with Gasteiger partial charge in [0.1, 0.15) is 6.10 Å². The van der Waals surface area contributed by atoms with Crippen LogP contribution in [0.4, 0.5) is 0 Å². The van der Waals surface area contributed by atoms with Crippen molar-refractivity contribution in [3.63, 3.8) is 0 Å². The van der Waals surface area contributed by atoms with Crippen LogP contribution in [0.25, 0.3) is 0 Å². The first kappa shape index (κ1) is 6.99. The van der Waals surface area contributed by atoms with Gasteiger partial charge in [0.15, 0.2) is 6.29 Å². The van der Waals surface area contributed by atoms with Crippen LogP contribution in [0.5, 0.6) is 0 Å². The Balaban J connectivity index is 2.23. The van der Waals surface area contributed by atoms with Gasteiger partial charge in [0, 0.05) is 0 Å². The van der Waals surface area contributed by atoms with Crippen molar-refractivity contribution in [2.75, 3.05) is 13.2 Å². The first-order valence-electron chi connectivity index (χ1n) is 3.20. The molecule has 1 saturated heterocycles. The molecule has 3 nitrogen and oxygen atoms in total. The summed E-state index contributed by atoms with van der Waals surface area (Å²) in [5.41, 5.74) is 0. The smallest absolute Gasteiger partial charge is 0.186 e. The minimum Gasteiger partial charge on any atom is -0.350 e. The molecular weight excluding hydrogens is 120 g/mol. The second-order valence-electron chi connectivity index (χ2n) is 2.17. The van der Waals surface area contributed by atoms with Crippen molar-refractivity contribution in [1.82, 2.24) is 0 Å². The van der Waals surface area contributed by atoms with E-state index < -0.39 is 12.4 Å². The number of hydrogen-bond acceptors (Lipinski definition) is 2. The van der Waals surface area contributed by atoms with Crippen LogP contribution in [0.2, 0.25) is 0 Å². The average Bonchev–Trinajstić information content (AvgIpc) is 1.90. The molecule has 0 aromatic carbocycles. The zero-order valence-corrected chi connectivity index (χ0v) is 5.50. The first-order chi connectivity index (χ1) is 4.30. The second kappa shape index (κ2) is 3.15. The van der Waals surface area contributed by atoms with Crippen molar-refractivity contribution < 1.29 is 14.6 Å². The van der Waals surface area contributed by atoms with Gasteiger partial charge in [0.2, 0.25) is 0 Å². The summed E-state index contributed by atoms with van der Waals surface area (Å²) >= 11 is 0. The van der Waals surface area contributed by atoms with E-state index in [9.17, 15) is 5.11 Å². The van der Waals surface area contributed by atoms with Gasteiger partial charge in [0.25, 0.3) is 0 Å². The highest BCUT2D eigenvalue weighted by Gasteiger charge is 2.19. The van der Waals surface area contributed by atoms with Crippen molar-refractivity contribution in [3.8, 4) is 0 Å². The molecule has 0 amide bonds. The lowest BCUT2D eigenvalue weighted by Gasteiger charge is -2.23. The predicted octanol–water partition coefficient (Wildman–Crippen LogP) is 0.568. The van der Waals surface area contributed by atoms with Crippen LogP contribution in [0.1, 0.15) is 13.3 Å². The molecule has 1 rings (SSSR count). The molecule has 0 saturated carbocycles.